The van der Waals surface area contributed by atoms with E-state index in [0.29, 0.717) is 10.4 Å². The first-order chi connectivity index (χ1) is 6.18. The van der Waals surface area contributed by atoms with Crippen LogP contribution in [0.25, 0.3) is 10.8 Å². The summed E-state index contributed by atoms with van der Waals surface area (Å²) in [6, 6.07) is 5.21. The van der Waals surface area contributed by atoms with E-state index in [4.69, 9.17) is 16.0 Å². The highest BCUT2D eigenvalue weighted by Gasteiger charge is 2.03. The Bertz CT molecular complexity index is 514. The fourth-order valence-corrected chi connectivity index (χ4v) is 1.64. The minimum atomic E-state index is -0.344. The van der Waals surface area contributed by atoms with E-state index in [9.17, 15) is 4.79 Å². The number of halogens is 1. The van der Waals surface area contributed by atoms with Crippen molar-refractivity contribution in [2.24, 2.45) is 0 Å². The summed E-state index contributed by atoms with van der Waals surface area (Å²) in [5, 5.41) is 1.98. The van der Waals surface area contributed by atoms with Crippen LogP contribution in [0.5, 0.6) is 0 Å². The number of aryl methyl sites for hydroxylation is 1. The van der Waals surface area contributed by atoms with Gasteiger partial charge < -0.3 is 4.42 Å². The summed E-state index contributed by atoms with van der Waals surface area (Å²) >= 11 is 5.82. The Balaban J connectivity index is 3.03. The molecule has 0 bridgehead atoms. The highest BCUT2D eigenvalue weighted by molar-refractivity contribution is 6.31. The molecule has 0 N–H and O–H groups in total. The molecule has 0 aliphatic carbocycles. The van der Waals surface area contributed by atoms with E-state index < -0.39 is 0 Å². The van der Waals surface area contributed by atoms with E-state index in [1.807, 2.05) is 13.0 Å². The van der Waals surface area contributed by atoms with Crippen molar-refractivity contribution in [2.75, 3.05) is 0 Å². The molecule has 0 aliphatic heterocycles. The molecule has 1 heterocycles. The van der Waals surface area contributed by atoms with Crippen LogP contribution in [-0.2, 0) is 0 Å². The Hall–Kier alpha value is -1.28. The molecule has 1 aromatic carbocycles. The molecule has 0 spiro atoms. The first kappa shape index (κ1) is 8.32. The molecule has 13 heavy (non-hydrogen) atoms. The maximum absolute atomic E-state index is 11.3. The standard InChI is InChI=1S/C10H7ClO2/c1-6-4-7(11)5-9-8(6)2-3-13-10(9)12/h2-5H,1H3. The van der Waals surface area contributed by atoms with E-state index >= 15 is 0 Å². The van der Waals surface area contributed by atoms with Crippen LogP contribution in [-0.4, -0.2) is 0 Å². The summed E-state index contributed by atoms with van der Waals surface area (Å²) in [6.45, 7) is 1.91. The van der Waals surface area contributed by atoms with Gasteiger partial charge in [-0.15, -0.1) is 0 Å². The lowest BCUT2D eigenvalue weighted by Gasteiger charge is -2.00. The van der Waals surface area contributed by atoms with Crippen LogP contribution in [0, 0.1) is 6.92 Å². The number of rotatable bonds is 0. The fourth-order valence-electron chi connectivity index (χ4n) is 1.37. The topological polar surface area (TPSA) is 30.2 Å². The minimum absolute atomic E-state index is 0.344. The Morgan fingerprint density at radius 2 is 2.08 bits per heavy atom. The van der Waals surface area contributed by atoms with Crippen molar-refractivity contribution >= 4 is 22.4 Å². The summed E-state index contributed by atoms with van der Waals surface area (Å²) in [4.78, 5) is 11.3. The highest BCUT2D eigenvalue weighted by atomic mass is 35.5. The molecule has 0 unspecified atom stereocenters. The minimum Gasteiger partial charge on any atom is -0.431 e. The Morgan fingerprint density at radius 3 is 2.85 bits per heavy atom. The third kappa shape index (κ3) is 1.33. The maximum atomic E-state index is 11.3. The Kier molecular flexibility index (Phi) is 1.85. The normalized spacial score (nSPS) is 10.6. The molecular weight excluding hydrogens is 188 g/mol. The van der Waals surface area contributed by atoms with E-state index in [-0.39, 0.29) is 5.63 Å². The third-order valence-corrected chi connectivity index (χ3v) is 2.20. The molecule has 0 amide bonds. The summed E-state index contributed by atoms with van der Waals surface area (Å²) in [7, 11) is 0. The molecule has 3 heteroatoms. The maximum Gasteiger partial charge on any atom is 0.343 e. The van der Waals surface area contributed by atoms with E-state index in [0.717, 1.165) is 10.9 Å². The molecule has 0 radical (unpaired) electrons. The van der Waals surface area contributed by atoms with Crippen molar-refractivity contribution in [3.8, 4) is 0 Å². The van der Waals surface area contributed by atoms with Crippen molar-refractivity contribution in [2.45, 2.75) is 6.92 Å². The number of hydrogen-bond acceptors (Lipinski definition) is 2. The fraction of sp³-hybridized carbons (Fsp3) is 0.100. The quantitative estimate of drug-likeness (QED) is 0.646. The van der Waals surface area contributed by atoms with Gasteiger partial charge in [-0.3, -0.25) is 0 Å². The van der Waals surface area contributed by atoms with Gasteiger partial charge in [0.25, 0.3) is 0 Å². The van der Waals surface area contributed by atoms with Gasteiger partial charge in [0.05, 0.1) is 11.6 Å². The Labute approximate surface area is 79.7 Å². The van der Waals surface area contributed by atoms with E-state index in [2.05, 4.69) is 0 Å². The van der Waals surface area contributed by atoms with Crippen LogP contribution in [0.1, 0.15) is 5.56 Å². The van der Waals surface area contributed by atoms with E-state index in [1.54, 1.807) is 12.1 Å². The molecule has 0 aliphatic rings. The van der Waals surface area contributed by atoms with Crippen molar-refractivity contribution in [1.29, 1.82) is 0 Å². The smallest absolute Gasteiger partial charge is 0.343 e. The van der Waals surface area contributed by atoms with Crippen molar-refractivity contribution in [3.05, 3.63) is 45.5 Å². The van der Waals surface area contributed by atoms with Crippen LogP contribution in [0.15, 0.2) is 33.7 Å². The molecule has 0 atom stereocenters. The third-order valence-electron chi connectivity index (χ3n) is 1.98. The van der Waals surface area contributed by atoms with Crippen LogP contribution >= 0.6 is 11.6 Å². The van der Waals surface area contributed by atoms with Gasteiger partial charge in [0.1, 0.15) is 0 Å². The second-order valence-electron chi connectivity index (χ2n) is 2.89. The summed E-state index contributed by atoms with van der Waals surface area (Å²) in [5.74, 6) is 0. The SMILES string of the molecule is Cc1cc(Cl)cc2c(=O)occc12. The summed E-state index contributed by atoms with van der Waals surface area (Å²) in [6.07, 6.45) is 1.39. The van der Waals surface area contributed by atoms with Gasteiger partial charge in [-0.05, 0) is 36.1 Å². The number of hydrogen-bond donors (Lipinski definition) is 0. The zero-order chi connectivity index (χ0) is 9.42. The zero-order valence-electron chi connectivity index (χ0n) is 7.00. The van der Waals surface area contributed by atoms with Gasteiger partial charge in [0, 0.05) is 5.02 Å². The largest absolute Gasteiger partial charge is 0.431 e. The van der Waals surface area contributed by atoms with Gasteiger partial charge in [0.15, 0.2) is 0 Å². The molecule has 2 nitrogen and oxygen atoms in total. The molecule has 2 rings (SSSR count). The van der Waals surface area contributed by atoms with Gasteiger partial charge >= 0.3 is 5.63 Å². The van der Waals surface area contributed by atoms with Crippen molar-refractivity contribution < 1.29 is 4.42 Å². The second-order valence-corrected chi connectivity index (χ2v) is 3.33. The van der Waals surface area contributed by atoms with Gasteiger partial charge in [-0.2, -0.15) is 0 Å². The second kappa shape index (κ2) is 2.89. The lowest BCUT2D eigenvalue weighted by atomic mass is 10.1. The molecule has 0 saturated carbocycles. The zero-order valence-corrected chi connectivity index (χ0v) is 7.76. The molecule has 2 aromatic rings. The van der Waals surface area contributed by atoms with Gasteiger partial charge in [-0.25, -0.2) is 4.79 Å². The van der Waals surface area contributed by atoms with Gasteiger partial charge in [-0.1, -0.05) is 11.6 Å². The lowest BCUT2D eigenvalue weighted by molar-refractivity contribution is 0.519. The Morgan fingerprint density at radius 1 is 1.31 bits per heavy atom. The first-order valence-electron chi connectivity index (χ1n) is 3.86. The predicted molar refractivity (Wildman–Crippen MR) is 52.2 cm³/mol. The number of benzene rings is 1. The van der Waals surface area contributed by atoms with Crippen LogP contribution < -0.4 is 5.63 Å². The van der Waals surface area contributed by atoms with Crippen molar-refractivity contribution in [1.82, 2.24) is 0 Å². The lowest BCUT2D eigenvalue weighted by Crippen LogP contribution is -1.98. The molecule has 1 aromatic heterocycles. The highest BCUT2D eigenvalue weighted by Crippen LogP contribution is 2.20. The van der Waals surface area contributed by atoms with Crippen LogP contribution in [0.4, 0.5) is 0 Å². The molecule has 66 valence electrons. The van der Waals surface area contributed by atoms with Gasteiger partial charge in [0.2, 0.25) is 0 Å². The summed E-state index contributed by atoms with van der Waals surface area (Å²) in [5.41, 5.74) is 0.638. The molecule has 0 fully saturated rings. The average molecular weight is 195 g/mol. The summed E-state index contributed by atoms with van der Waals surface area (Å²) < 4.78 is 4.74. The van der Waals surface area contributed by atoms with Crippen LogP contribution in [0.2, 0.25) is 5.02 Å². The van der Waals surface area contributed by atoms with Crippen molar-refractivity contribution in [3.63, 3.8) is 0 Å². The molecular formula is C10H7ClO2. The monoisotopic (exact) mass is 194 g/mol. The average Bonchev–Trinajstić information content (AvgIpc) is 2.07. The predicted octanol–water partition coefficient (Wildman–Crippen LogP) is 2.75. The van der Waals surface area contributed by atoms with E-state index in [1.165, 1.54) is 6.26 Å². The van der Waals surface area contributed by atoms with Crippen LogP contribution in [0.3, 0.4) is 0 Å². The first-order valence-corrected chi connectivity index (χ1v) is 4.24. The molecule has 0 saturated heterocycles. The number of fused-ring (bicyclic) bond motifs is 1.